The van der Waals surface area contributed by atoms with Crippen LogP contribution < -0.4 is 4.90 Å². The number of halogens is 1. The highest BCUT2D eigenvalue weighted by Gasteiger charge is 2.32. The molecule has 5 heteroatoms. The molecule has 18 heavy (non-hydrogen) atoms. The number of amides is 1. The Balaban J connectivity index is 2.31. The molecule has 1 heterocycles. The maximum Gasteiger partial charge on any atom is 0.247 e. The average Bonchev–Trinajstić information content (AvgIpc) is 2.36. The molecule has 4 nitrogen and oxygen atoms in total. The van der Waals surface area contributed by atoms with E-state index in [-0.39, 0.29) is 12.5 Å². The first-order chi connectivity index (χ1) is 8.54. The molecule has 2 rings (SSSR count). The van der Waals surface area contributed by atoms with Gasteiger partial charge in [-0.3, -0.25) is 4.79 Å². The number of carbonyl (C=O) groups is 1. The lowest BCUT2D eigenvalue weighted by molar-refractivity contribution is -0.133. The number of aryl methyl sites for hydroxylation is 1. The van der Waals surface area contributed by atoms with Gasteiger partial charge >= 0.3 is 0 Å². The number of piperazine rings is 1. The predicted octanol–water partition coefficient (Wildman–Crippen LogP) is 1.29. The summed E-state index contributed by atoms with van der Waals surface area (Å²) in [5.74, 6) is -0.0551. The fourth-order valence-electron chi connectivity index (χ4n) is 2.16. The summed E-state index contributed by atoms with van der Waals surface area (Å²) in [5, 5.41) is 10.1. The molecule has 0 aliphatic carbocycles. The summed E-state index contributed by atoms with van der Waals surface area (Å²) in [4.78, 5) is 15.5. The van der Waals surface area contributed by atoms with Gasteiger partial charge in [-0.1, -0.05) is 17.7 Å². The van der Waals surface area contributed by atoms with Gasteiger partial charge in [0, 0.05) is 30.8 Å². The Bertz CT molecular complexity index is 464. The lowest BCUT2D eigenvalue weighted by Crippen LogP contribution is -2.57. The summed E-state index contributed by atoms with van der Waals surface area (Å²) < 4.78 is 0. The van der Waals surface area contributed by atoms with Gasteiger partial charge in [-0.15, -0.1) is 0 Å². The Kier molecular flexibility index (Phi) is 3.78. The third-order valence-corrected chi connectivity index (χ3v) is 3.78. The first kappa shape index (κ1) is 13.2. The minimum atomic E-state index is -0.512. The smallest absolute Gasteiger partial charge is 0.247 e. The predicted molar refractivity (Wildman–Crippen MR) is 72.0 cm³/mol. The van der Waals surface area contributed by atoms with Crippen LogP contribution in [0.2, 0.25) is 5.02 Å². The van der Waals surface area contributed by atoms with Crippen molar-refractivity contribution in [2.24, 2.45) is 0 Å². The molecule has 1 aromatic rings. The van der Waals surface area contributed by atoms with Crippen molar-refractivity contribution >= 4 is 23.2 Å². The first-order valence-electron chi connectivity index (χ1n) is 5.93. The summed E-state index contributed by atoms with van der Waals surface area (Å²) in [6.45, 7) is 3.10. The van der Waals surface area contributed by atoms with Crippen molar-refractivity contribution in [1.82, 2.24) is 4.90 Å². The second-order valence-electron chi connectivity index (χ2n) is 4.59. The van der Waals surface area contributed by atoms with Gasteiger partial charge < -0.3 is 14.9 Å². The van der Waals surface area contributed by atoms with E-state index in [1.165, 1.54) is 0 Å². The zero-order valence-electron chi connectivity index (χ0n) is 10.6. The maximum atomic E-state index is 12.0. The molecule has 0 bridgehead atoms. The topological polar surface area (TPSA) is 43.8 Å². The number of nitrogens with zero attached hydrogens (tertiary/aromatic N) is 2. The lowest BCUT2D eigenvalue weighted by Gasteiger charge is -2.39. The minimum Gasteiger partial charge on any atom is -0.394 e. The molecule has 0 radical (unpaired) electrons. The molecule has 1 aliphatic heterocycles. The molecule has 0 saturated carbocycles. The van der Waals surface area contributed by atoms with E-state index in [0.717, 1.165) is 11.3 Å². The number of hydrogen-bond acceptors (Lipinski definition) is 3. The number of benzene rings is 1. The van der Waals surface area contributed by atoms with E-state index >= 15 is 0 Å². The SMILES string of the molecule is Cc1ccc(N2CCN(C)C(=O)C2CO)cc1Cl. The fourth-order valence-corrected chi connectivity index (χ4v) is 2.33. The summed E-state index contributed by atoms with van der Waals surface area (Å²) in [7, 11) is 1.75. The largest absolute Gasteiger partial charge is 0.394 e. The Morgan fingerprint density at radius 2 is 2.17 bits per heavy atom. The lowest BCUT2D eigenvalue weighted by atomic mass is 10.1. The van der Waals surface area contributed by atoms with Gasteiger partial charge in [0.2, 0.25) is 5.91 Å². The highest BCUT2D eigenvalue weighted by molar-refractivity contribution is 6.31. The average molecular weight is 269 g/mol. The van der Waals surface area contributed by atoms with E-state index in [0.29, 0.717) is 18.1 Å². The van der Waals surface area contributed by atoms with Gasteiger partial charge in [-0.2, -0.15) is 0 Å². The van der Waals surface area contributed by atoms with E-state index in [1.807, 2.05) is 30.0 Å². The number of aliphatic hydroxyl groups excluding tert-OH is 1. The Hall–Kier alpha value is -1.26. The Morgan fingerprint density at radius 3 is 2.78 bits per heavy atom. The van der Waals surface area contributed by atoms with Crippen LogP contribution in [-0.2, 0) is 4.79 Å². The zero-order valence-corrected chi connectivity index (χ0v) is 11.3. The van der Waals surface area contributed by atoms with Crippen LogP contribution in [0.15, 0.2) is 18.2 Å². The molecule has 1 fully saturated rings. The van der Waals surface area contributed by atoms with Crippen LogP contribution in [0, 0.1) is 6.92 Å². The molecule has 1 saturated heterocycles. The number of likely N-dealkylation sites (N-methyl/N-ethyl adjacent to an activating group) is 1. The van der Waals surface area contributed by atoms with Gasteiger partial charge in [-0.25, -0.2) is 0 Å². The van der Waals surface area contributed by atoms with E-state index in [1.54, 1.807) is 11.9 Å². The van der Waals surface area contributed by atoms with Crippen LogP contribution >= 0.6 is 11.6 Å². The van der Waals surface area contributed by atoms with E-state index < -0.39 is 6.04 Å². The van der Waals surface area contributed by atoms with Crippen molar-refractivity contribution in [1.29, 1.82) is 0 Å². The number of rotatable bonds is 2. The number of anilines is 1. The van der Waals surface area contributed by atoms with Gasteiger partial charge in [0.25, 0.3) is 0 Å². The van der Waals surface area contributed by atoms with Crippen LogP contribution in [0.25, 0.3) is 0 Å². The van der Waals surface area contributed by atoms with Crippen molar-refractivity contribution in [3.05, 3.63) is 28.8 Å². The molecule has 1 amide bonds. The summed E-state index contributed by atoms with van der Waals surface area (Å²) >= 11 is 6.10. The molecule has 1 unspecified atom stereocenters. The molecule has 98 valence electrons. The van der Waals surface area contributed by atoms with Crippen LogP contribution in [0.5, 0.6) is 0 Å². The number of carbonyl (C=O) groups excluding carboxylic acids is 1. The van der Waals surface area contributed by atoms with Crippen molar-refractivity contribution in [2.75, 3.05) is 31.6 Å². The van der Waals surface area contributed by atoms with Gasteiger partial charge in [-0.05, 0) is 24.6 Å². The molecule has 1 N–H and O–H groups in total. The van der Waals surface area contributed by atoms with Crippen molar-refractivity contribution in [3.8, 4) is 0 Å². The standard InChI is InChI=1S/C13H17ClN2O2/c1-9-3-4-10(7-11(9)14)16-6-5-15(2)13(18)12(16)8-17/h3-4,7,12,17H,5-6,8H2,1-2H3. The van der Waals surface area contributed by atoms with E-state index in [9.17, 15) is 9.90 Å². The normalized spacial score (nSPS) is 20.4. The Morgan fingerprint density at radius 1 is 1.44 bits per heavy atom. The molecule has 1 aliphatic rings. The van der Waals surface area contributed by atoms with Crippen molar-refractivity contribution in [3.63, 3.8) is 0 Å². The van der Waals surface area contributed by atoms with Crippen molar-refractivity contribution in [2.45, 2.75) is 13.0 Å². The quantitative estimate of drug-likeness (QED) is 0.879. The Labute approximate surface area is 112 Å². The first-order valence-corrected chi connectivity index (χ1v) is 6.31. The van der Waals surface area contributed by atoms with Gasteiger partial charge in [0.1, 0.15) is 6.04 Å². The van der Waals surface area contributed by atoms with Crippen LogP contribution in [0.1, 0.15) is 5.56 Å². The van der Waals surface area contributed by atoms with E-state index in [4.69, 9.17) is 11.6 Å². The zero-order chi connectivity index (χ0) is 13.3. The molecular formula is C13H17ClN2O2. The molecule has 1 atom stereocenters. The van der Waals surface area contributed by atoms with Crippen LogP contribution in [0.3, 0.4) is 0 Å². The van der Waals surface area contributed by atoms with Gasteiger partial charge in [0.05, 0.1) is 6.61 Å². The fraction of sp³-hybridized carbons (Fsp3) is 0.462. The van der Waals surface area contributed by atoms with Crippen molar-refractivity contribution < 1.29 is 9.90 Å². The second-order valence-corrected chi connectivity index (χ2v) is 4.99. The van der Waals surface area contributed by atoms with E-state index in [2.05, 4.69) is 0 Å². The maximum absolute atomic E-state index is 12.0. The molecular weight excluding hydrogens is 252 g/mol. The van der Waals surface area contributed by atoms with Gasteiger partial charge in [0.15, 0.2) is 0 Å². The third-order valence-electron chi connectivity index (χ3n) is 3.37. The second kappa shape index (κ2) is 5.16. The van der Waals surface area contributed by atoms with Crippen LogP contribution in [0.4, 0.5) is 5.69 Å². The number of aliphatic hydroxyl groups is 1. The minimum absolute atomic E-state index is 0.0551. The third kappa shape index (κ3) is 2.31. The highest BCUT2D eigenvalue weighted by Crippen LogP contribution is 2.26. The monoisotopic (exact) mass is 268 g/mol. The number of hydrogen-bond donors (Lipinski definition) is 1. The molecule has 0 aromatic heterocycles. The summed E-state index contributed by atoms with van der Waals surface area (Å²) in [6.07, 6.45) is 0. The highest BCUT2D eigenvalue weighted by atomic mass is 35.5. The summed E-state index contributed by atoms with van der Waals surface area (Å²) in [5.41, 5.74) is 1.88. The molecule has 0 spiro atoms. The summed E-state index contributed by atoms with van der Waals surface area (Å²) in [6, 6.07) is 5.19. The van der Waals surface area contributed by atoms with Crippen LogP contribution in [-0.4, -0.2) is 48.7 Å². The molecule has 1 aromatic carbocycles.